The maximum Gasteiger partial charge on any atom is 0.163 e. The largest absolute Gasteiger partial charge is 0.294 e. The van der Waals surface area contributed by atoms with Crippen LogP contribution in [0.25, 0.3) is 10.9 Å². The lowest BCUT2D eigenvalue weighted by Gasteiger charge is -2.16. The Morgan fingerprint density at radius 1 is 1.17 bits per heavy atom. The highest BCUT2D eigenvalue weighted by molar-refractivity contribution is 5.99. The minimum atomic E-state index is 0.0254. The molecule has 0 bridgehead atoms. The number of pyridine rings is 1. The third kappa shape index (κ3) is 2.95. The number of aromatic nitrogens is 1. The number of Topliss-reactive ketones (excluding diaryl/α,β-unsaturated/α-hetero) is 1. The molecule has 0 amide bonds. The fourth-order valence-corrected chi connectivity index (χ4v) is 1.98. The number of rotatable bonds is 2. The number of carbonyl (C=O) groups excluding carboxylic acids is 1. The zero-order valence-corrected chi connectivity index (χ0v) is 11.4. The van der Waals surface area contributed by atoms with Gasteiger partial charge in [-0.15, -0.1) is 0 Å². The van der Waals surface area contributed by atoms with Gasteiger partial charge in [-0.05, 0) is 36.6 Å². The summed E-state index contributed by atoms with van der Waals surface area (Å²) >= 11 is 0. The molecular formula is C16H19NO. The molecule has 0 aliphatic carbocycles. The van der Waals surface area contributed by atoms with Crippen molar-refractivity contribution in [2.45, 2.75) is 34.1 Å². The second-order valence-corrected chi connectivity index (χ2v) is 6.02. The fraction of sp³-hybridized carbons (Fsp3) is 0.375. The van der Waals surface area contributed by atoms with Gasteiger partial charge in [0.1, 0.15) is 0 Å². The molecule has 1 heterocycles. The molecule has 0 unspecified atom stereocenters. The average molecular weight is 241 g/mol. The molecule has 94 valence electrons. The Kier molecular flexibility index (Phi) is 3.20. The second-order valence-electron chi connectivity index (χ2n) is 6.02. The van der Waals surface area contributed by atoms with E-state index in [9.17, 15) is 4.79 Å². The number of hydrogen-bond donors (Lipinski definition) is 0. The van der Waals surface area contributed by atoms with Gasteiger partial charge in [0.15, 0.2) is 5.78 Å². The van der Waals surface area contributed by atoms with E-state index in [-0.39, 0.29) is 11.2 Å². The molecule has 2 nitrogen and oxygen atoms in total. The van der Waals surface area contributed by atoms with Crippen molar-refractivity contribution in [2.75, 3.05) is 0 Å². The van der Waals surface area contributed by atoms with E-state index in [2.05, 4.69) is 25.8 Å². The summed E-state index contributed by atoms with van der Waals surface area (Å²) in [5.74, 6) is 0.199. The van der Waals surface area contributed by atoms with Crippen LogP contribution in [0, 0.1) is 12.3 Å². The lowest BCUT2D eigenvalue weighted by molar-refractivity contribution is 0.0940. The average Bonchev–Trinajstić information content (AvgIpc) is 2.26. The number of benzene rings is 1. The Morgan fingerprint density at radius 2 is 1.89 bits per heavy atom. The molecule has 0 radical (unpaired) electrons. The van der Waals surface area contributed by atoms with Gasteiger partial charge in [-0.3, -0.25) is 9.78 Å². The van der Waals surface area contributed by atoms with Crippen LogP contribution in [0.4, 0.5) is 0 Å². The molecule has 0 spiro atoms. The van der Waals surface area contributed by atoms with Gasteiger partial charge in [0, 0.05) is 23.1 Å². The van der Waals surface area contributed by atoms with Gasteiger partial charge >= 0.3 is 0 Å². The van der Waals surface area contributed by atoms with E-state index in [0.29, 0.717) is 6.42 Å². The van der Waals surface area contributed by atoms with E-state index in [1.807, 2.05) is 37.3 Å². The number of hydrogen-bond acceptors (Lipinski definition) is 2. The summed E-state index contributed by atoms with van der Waals surface area (Å²) < 4.78 is 0. The quantitative estimate of drug-likeness (QED) is 0.739. The van der Waals surface area contributed by atoms with Crippen molar-refractivity contribution in [3.8, 4) is 0 Å². The molecule has 0 aliphatic rings. The van der Waals surface area contributed by atoms with Gasteiger partial charge in [0.25, 0.3) is 0 Å². The van der Waals surface area contributed by atoms with Crippen molar-refractivity contribution in [3.63, 3.8) is 0 Å². The number of fused-ring (bicyclic) bond motifs is 1. The Balaban J connectivity index is 2.36. The summed E-state index contributed by atoms with van der Waals surface area (Å²) in [6.45, 7) is 8.21. The number of ketones is 1. The van der Waals surface area contributed by atoms with E-state index >= 15 is 0 Å². The van der Waals surface area contributed by atoms with E-state index < -0.39 is 0 Å². The third-order valence-corrected chi connectivity index (χ3v) is 2.84. The highest BCUT2D eigenvalue weighted by Crippen LogP contribution is 2.23. The first kappa shape index (κ1) is 12.7. The van der Waals surface area contributed by atoms with Crippen LogP contribution in [0.2, 0.25) is 0 Å². The molecular weight excluding hydrogens is 222 g/mol. The Bertz CT molecular complexity index is 594. The first-order chi connectivity index (χ1) is 8.35. The normalized spacial score (nSPS) is 11.8. The summed E-state index contributed by atoms with van der Waals surface area (Å²) in [7, 11) is 0. The lowest BCUT2D eigenvalue weighted by atomic mass is 9.87. The van der Waals surface area contributed by atoms with Crippen LogP contribution < -0.4 is 0 Å². The van der Waals surface area contributed by atoms with Gasteiger partial charge in [0.05, 0.1) is 5.52 Å². The molecule has 1 aromatic heterocycles. The molecule has 0 fully saturated rings. The summed E-state index contributed by atoms with van der Waals surface area (Å²) in [5, 5.41) is 1.03. The molecule has 18 heavy (non-hydrogen) atoms. The van der Waals surface area contributed by atoms with E-state index in [1.165, 1.54) is 0 Å². The molecule has 2 aromatic rings. The Hall–Kier alpha value is -1.70. The van der Waals surface area contributed by atoms with Crippen LogP contribution in [-0.4, -0.2) is 10.8 Å². The van der Waals surface area contributed by atoms with Gasteiger partial charge in [0.2, 0.25) is 0 Å². The minimum Gasteiger partial charge on any atom is -0.294 e. The van der Waals surface area contributed by atoms with Crippen molar-refractivity contribution in [3.05, 3.63) is 41.6 Å². The molecule has 0 N–H and O–H groups in total. The maximum atomic E-state index is 12.2. The topological polar surface area (TPSA) is 30.0 Å². The predicted molar refractivity (Wildman–Crippen MR) is 74.9 cm³/mol. The monoisotopic (exact) mass is 241 g/mol. The maximum absolute atomic E-state index is 12.2. The van der Waals surface area contributed by atoms with Gasteiger partial charge in [-0.25, -0.2) is 0 Å². The standard InChI is InChI=1S/C16H19NO/c1-11-5-6-12-9-13(7-8-14(12)17-11)15(18)10-16(2,3)4/h5-9H,10H2,1-4H3. The zero-order chi connectivity index (χ0) is 13.3. The van der Waals surface area contributed by atoms with Crippen LogP contribution in [0.15, 0.2) is 30.3 Å². The van der Waals surface area contributed by atoms with Gasteiger partial charge < -0.3 is 0 Å². The Labute approximate surface area is 108 Å². The molecule has 0 saturated heterocycles. The smallest absolute Gasteiger partial charge is 0.163 e. The van der Waals surface area contributed by atoms with Crippen LogP contribution in [0.3, 0.4) is 0 Å². The van der Waals surface area contributed by atoms with Crippen LogP contribution >= 0.6 is 0 Å². The molecule has 1 aromatic carbocycles. The van der Waals surface area contributed by atoms with Crippen molar-refractivity contribution in [1.82, 2.24) is 4.98 Å². The van der Waals surface area contributed by atoms with Crippen LogP contribution in [0.1, 0.15) is 43.2 Å². The summed E-state index contributed by atoms with van der Waals surface area (Å²) in [6.07, 6.45) is 0.567. The molecule has 0 atom stereocenters. The molecule has 0 aliphatic heterocycles. The van der Waals surface area contributed by atoms with E-state index in [4.69, 9.17) is 0 Å². The molecule has 0 saturated carbocycles. The Morgan fingerprint density at radius 3 is 2.56 bits per heavy atom. The van der Waals surface area contributed by atoms with Gasteiger partial charge in [-0.2, -0.15) is 0 Å². The van der Waals surface area contributed by atoms with Gasteiger partial charge in [-0.1, -0.05) is 26.8 Å². The zero-order valence-electron chi connectivity index (χ0n) is 11.4. The highest BCUT2D eigenvalue weighted by atomic mass is 16.1. The van der Waals surface area contributed by atoms with E-state index in [1.54, 1.807) is 0 Å². The summed E-state index contributed by atoms with van der Waals surface area (Å²) in [6, 6.07) is 9.74. The number of aryl methyl sites for hydroxylation is 1. The predicted octanol–water partition coefficient (Wildman–Crippen LogP) is 4.16. The first-order valence-corrected chi connectivity index (χ1v) is 6.26. The summed E-state index contributed by atoms with van der Waals surface area (Å²) in [5.41, 5.74) is 2.75. The molecule has 2 heteroatoms. The summed E-state index contributed by atoms with van der Waals surface area (Å²) in [4.78, 5) is 16.6. The van der Waals surface area contributed by atoms with E-state index in [0.717, 1.165) is 22.2 Å². The third-order valence-electron chi connectivity index (χ3n) is 2.84. The fourth-order valence-electron chi connectivity index (χ4n) is 1.98. The lowest BCUT2D eigenvalue weighted by Crippen LogP contribution is -2.13. The number of nitrogens with zero attached hydrogens (tertiary/aromatic N) is 1. The SMILES string of the molecule is Cc1ccc2cc(C(=O)CC(C)(C)C)ccc2n1. The first-order valence-electron chi connectivity index (χ1n) is 6.26. The van der Waals surface area contributed by atoms with Crippen LogP contribution in [-0.2, 0) is 0 Å². The van der Waals surface area contributed by atoms with Crippen LogP contribution in [0.5, 0.6) is 0 Å². The second kappa shape index (κ2) is 4.52. The van der Waals surface area contributed by atoms with Crippen molar-refractivity contribution >= 4 is 16.7 Å². The van der Waals surface area contributed by atoms with Crippen molar-refractivity contribution < 1.29 is 4.79 Å². The molecule has 2 rings (SSSR count). The minimum absolute atomic E-state index is 0.0254. The van der Waals surface area contributed by atoms with Crippen molar-refractivity contribution in [2.24, 2.45) is 5.41 Å². The highest BCUT2D eigenvalue weighted by Gasteiger charge is 2.17. The van der Waals surface area contributed by atoms with Crippen molar-refractivity contribution in [1.29, 1.82) is 0 Å². The number of carbonyl (C=O) groups is 1.